The van der Waals surface area contributed by atoms with Gasteiger partial charge in [-0.3, -0.25) is 18.5 Å². The van der Waals surface area contributed by atoms with Gasteiger partial charge in [0.25, 0.3) is 5.56 Å². The highest BCUT2D eigenvalue weighted by Crippen LogP contribution is 2.31. The van der Waals surface area contributed by atoms with Crippen molar-refractivity contribution in [3.63, 3.8) is 0 Å². The third-order valence-corrected chi connectivity index (χ3v) is 5.61. The summed E-state index contributed by atoms with van der Waals surface area (Å²) in [5.41, 5.74) is -1.80. The predicted molar refractivity (Wildman–Crippen MR) is 133 cm³/mol. The van der Waals surface area contributed by atoms with Gasteiger partial charge in [-0.2, -0.15) is 4.98 Å². The van der Waals surface area contributed by atoms with Crippen LogP contribution in [0.25, 0.3) is 11.2 Å². The fourth-order valence-corrected chi connectivity index (χ4v) is 3.96. The van der Waals surface area contributed by atoms with E-state index in [1.165, 1.54) is 31.3 Å². The molecular formula is C25H22F6N4O7. The van der Waals surface area contributed by atoms with E-state index in [1.54, 1.807) is 0 Å². The Morgan fingerprint density at radius 3 is 2.12 bits per heavy atom. The first kappa shape index (κ1) is 30.4. The Kier molecular flexibility index (Phi) is 8.81. The van der Waals surface area contributed by atoms with Crippen LogP contribution in [-0.4, -0.2) is 56.3 Å². The molecule has 0 saturated carbocycles. The number of alkyl halides is 6. The van der Waals surface area contributed by atoms with Crippen LogP contribution in [0.15, 0.2) is 58.1 Å². The van der Waals surface area contributed by atoms with Gasteiger partial charge >= 0.3 is 24.4 Å². The van der Waals surface area contributed by atoms with Crippen molar-refractivity contribution >= 4 is 11.2 Å². The molecule has 0 aliphatic heterocycles. The Morgan fingerprint density at radius 1 is 0.857 bits per heavy atom. The summed E-state index contributed by atoms with van der Waals surface area (Å²) in [6.07, 6.45) is -9.96. The van der Waals surface area contributed by atoms with Crippen LogP contribution in [0.4, 0.5) is 26.3 Å². The number of nitrogens with zero attached hydrogens (tertiary/aromatic N) is 4. The highest BCUT2D eigenvalue weighted by Gasteiger charge is 2.32. The molecule has 4 rings (SSSR count). The van der Waals surface area contributed by atoms with Gasteiger partial charge in [-0.15, -0.1) is 26.3 Å². The lowest BCUT2D eigenvalue weighted by molar-refractivity contribution is -0.275. The SMILES string of the molecule is Cn1c(=O)n(CCOCCO)c(=O)c2c1nc(Oc1cccc(OC(F)(F)F)c1)n2Cc1cccc(OC(F)(F)F)c1. The number of hydrogen-bond donors (Lipinski definition) is 1. The van der Waals surface area contributed by atoms with E-state index in [4.69, 9.17) is 14.6 Å². The fraction of sp³-hybridized carbons (Fsp3) is 0.320. The molecule has 2 aromatic carbocycles. The minimum absolute atomic E-state index is 0.0410. The zero-order valence-electron chi connectivity index (χ0n) is 21.6. The van der Waals surface area contributed by atoms with Crippen LogP contribution in [0.5, 0.6) is 23.3 Å². The summed E-state index contributed by atoms with van der Waals surface area (Å²) < 4.78 is 98.3. The standard InChI is InChI=1S/C25H22F6N4O7/c1-33-20-19(21(37)34(23(33)38)8-10-39-11-9-36)35(14-15-4-2-6-17(12-15)41-24(26,27)28)22(32-20)40-16-5-3-7-18(13-16)42-25(29,30)31/h2-7,12-13,36H,8-11,14H2,1H3. The van der Waals surface area contributed by atoms with E-state index in [1.807, 2.05) is 0 Å². The van der Waals surface area contributed by atoms with Crippen LogP contribution < -0.4 is 25.5 Å². The molecular weight excluding hydrogens is 582 g/mol. The van der Waals surface area contributed by atoms with Crippen LogP contribution in [-0.2, 0) is 24.9 Å². The van der Waals surface area contributed by atoms with E-state index in [2.05, 4.69) is 14.5 Å². The van der Waals surface area contributed by atoms with Gasteiger partial charge < -0.3 is 24.1 Å². The number of benzene rings is 2. The molecule has 2 heterocycles. The first-order valence-corrected chi connectivity index (χ1v) is 12.0. The number of imidazole rings is 1. The quantitative estimate of drug-likeness (QED) is 0.204. The molecule has 2 aromatic heterocycles. The average Bonchev–Trinajstić information content (AvgIpc) is 3.23. The first-order chi connectivity index (χ1) is 19.8. The second kappa shape index (κ2) is 12.2. The summed E-state index contributed by atoms with van der Waals surface area (Å²) in [6.45, 7) is -0.976. The lowest BCUT2D eigenvalue weighted by atomic mass is 10.2. The molecule has 42 heavy (non-hydrogen) atoms. The van der Waals surface area contributed by atoms with Gasteiger partial charge in [0.05, 0.1) is 32.9 Å². The van der Waals surface area contributed by atoms with Crippen molar-refractivity contribution in [3.8, 4) is 23.3 Å². The van der Waals surface area contributed by atoms with E-state index < -0.39 is 35.5 Å². The maximum Gasteiger partial charge on any atom is 0.573 e. The van der Waals surface area contributed by atoms with Crippen molar-refractivity contribution in [3.05, 3.63) is 74.9 Å². The fourth-order valence-electron chi connectivity index (χ4n) is 3.96. The van der Waals surface area contributed by atoms with Crippen LogP contribution >= 0.6 is 0 Å². The summed E-state index contributed by atoms with van der Waals surface area (Å²) in [6, 6.07) is 8.89. The normalized spacial score (nSPS) is 12.1. The lowest BCUT2D eigenvalue weighted by Gasteiger charge is -2.14. The number of aryl methyl sites for hydroxylation is 1. The molecule has 0 unspecified atom stereocenters. The lowest BCUT2D eigenvalue weighted by Crippen LogP contribution is -2.40. The van der Waals surface area contributed by atoms with Gasteiger partial charge in [0.15, 0.2) is 11.2 Å². The molecule has 0 fully saturated rings. The highest BCUT2D eigenvalue weighted by atomic mass is 19.4. The van der Waals surface area contributed by atoms with E-state index in [9.17, 15) is 35.9 Å². The van der Waals surface area contributed by atoms with Crippen molar-refractivity contribution in [2.75, 3.05) is 19.8 Å². The van der Waals surface area contributed by atoms with Crippen molar-refractivity contribution in [1.29, 1.82) is 0 Å². The monoisotopic (exact) mass is 604 g/mol. The highest BCUT2D eigenvalue weighted by molar-refractivity contribution is 5.72. The third kappa shape index (κ3) is 7.41. The molecule has 0 saturated heterocycles. The van der Waals surface area contributed by atoms with Gasteiger partial charge in [0, 0.05) is 13.1 Å². The molecule has 0 atom stereocenters. The molecule has 0 radical (unpaired) electrons. The van der Waals surface area contributed by atoms with E-state index in [-0.39, 0.29) is 61.4 Å². The second-order valence-corrected chi connectivity index (χ2v) is 8.61. The zero-order valence-corrected chi connectivity index (χ0v) is 21.6. The largest absolute Gasteiger partial charge is 0.573 e. The van der Waals surface area contributed by atoms with E-state index in [0.717, 1.165) is 38.0 Å². The zero-order chi connectivity index (χ0) is 30.7. The second-order valence-electron chi connectivity index (χ2n) is 8.61. The topological polar surface area (TPSA) is 119 Å². The maximum absolute atomic E-state index is 13.5. The molecule has 17 heteroatoms. The van der Waals surface area contributed by atoms with Gasteiger partial charge in [0.1, 0.15) is 17.2 Å². The van der Waals surface area contributed by atoms with Crippen molar-refractivity contribution in [1.82, 2.24) is 18.7 Å². The Balaban J connectivity index is 1.83. The number of ether oxygens (including phenoxy) is 4. The minimum Gasteiger partial charge on any atom is -0.425 e. The molecule has 226 valence electrons. The summed E-state index contributed by atoms with van der Waals surface area (Å²) in [5.74, 6) is -1.35. The summed E-state index contributed by atoms with van der Waals surface area (Å²) >= 11 is 0. The number of aromatic nitrogens is 4. The first-order valence-electron chi connectivity index (χ1n) is 12.0. The Labute approximate surface area is 231 Å². The van der Waals surface area contributed by atoms with Crippen LogP contribution in [0, 0.1) is 0 Å². The number of aliphatic hydroxyl groups is 1. The van der Waals surface area contributed by atoms with Gasteiger partial charge in [-0.05, 0) is 29.8 Å². The summed E-state index contributed by atoms with van der Waals surface area (Å²) in [5, 5.41) is 8.89. The van der Waals surface area contributed by atoms with Crippen molar-refractivity contribution in [2.24, 2.45) is 7.05 Å². The molecule has 11 nitrogen and oxygen atoms in total. The third-order valence-electron chi connectivity index (χ3n) is 5.61. The molecule has 1 N–H and O–H groups in total. The van der Waals surface area contributed by atoms with Crippen molar-refractivity contribution < 1.29 is 50.4 Å². The van der Waals surface area contributed by atoms with Crippen LogP contribution in [0.3, 0.4) is 0 Å². The molecule has 0 bridgehead atoms. The maximum atomic E-state index is 13.5. The summed E-state index contributed by atoms with van der Waals surface area (Å²) in [4.78, 5) is 30.7. The number of rotatable bonds is 11. The smallest absolute Gasteiger partial charge is 0.425 e. The van der Waals surface area contributed by atoms with Crippen molar-refractivity contribution in [2.45, 2.75) is 25.8 Å². The van der Waals surface area contributed by atoms with Gasteiger partial charge in [-0.25, -0.2) is 4.79 Å². The average molecular weight is 604 g/mol. The Hall–Kier alpha value is -4.51. The minimum atomic E-state index is -4.99. The molecule has 0 aliphatic rings. The van der Waals surface area contributed by atoms with Gasteiger partial charge in [-0.1, -0.05) is 18.2 Å². The summed E-state index contributed by atoms with van der Waals surface area (Å²) in [7, 11) is 1.31. The predicted octanol–water partition coefficient (Wildman–Crippen LogP) is 3.54. The number of hydrogen-bond acceptors (Lipinski definition) is 8. The number of fused-ring (bicyclic) bond motifs is 1. The molecule has 0 amide bonds. The molecule has 0 aliphatic carbocycles. The molecule has 4 aromatic rings. The van der Waals surface area contributed by atoms with E-state index in [0.29, 0.717) is 0 Å². The number of halogens is 6. The Bertz CT molecular complexity index is 1680. The van der Waals surface area contributed by atoms with E-state index >= 15 is 0 Å². The molecule has 0 spiro atoms. The Morgan fingerprint density at radius 2 is 1.48 bits per heavy atom. The van der Waals surface area contributed by atoms with Crippen LogP contribution in [0.1, 0.15) is 5.56 Å². The van der Waals surface area contributed by atoms with Gasteiger partial charge in [0.2, 0.25) is 0 Å². The number of aliphatic hydroxyl groups excluding tert-OH is 1. The van der Waals surface area contributed by atoms with Crippen LogP contribution in [0.2, 0.25) is 0 Å².